The molecule has 0 saturated heterocycles. The number of benzene rings is 2. The van der Waals surface area contributed by atoms with E-state index in [0.717, 1.165) is 35.5 Å². The molecule has 6 nitrogen and oxygen atoms in total. The van der Waals surface area contributed by atoms with E-state index in [1.54, 1.807) is 35.0 Å². The number of fused-ring (bicyclic) bond motifs is 1. The van der Waals surface area contributed by atoms with Gasteiger partial charge in [0.1, 0.15) is 5.69 Å². The SMILES string of the molecule is Cc1cc(C2CC2)n(-c2ccc(NC(=O)c3ccc4c(c3)CN=N4)cc2F)n1. The largest absolute Gasteiger partial charge is 0.322 e. The molecule has 1 amide bonds. The first-order valence-corrected chi connectivity index (χ1v) is 9.27. The molecule has 0 unspecified atom stereocenters. The van der Waals surface area contributed by atoms with Gasteiger partial charge < -0.3 is 5.32 Å². The number of hydrogen-bond acceptors (Lipinski definition) is 4. The van der Waals surface area contributed by atoms with E-state index in [0.29, 0.717) is 29.4 Å². The minimum atomic E-state index is -0.422. The van der Waals surface area contributed by atoms with Crippen molar-refractivity contribution in [2.24, 2.45) is 10.2 Å². The molecule has 2 heterocycles. The van der Waals surface area contributed by atoms with Gasteiger partial charge in [-0.25, -0.2) is 9.07 Å². The van der Waals surface area contributed by atoms with Crippen molar-refractivity contribution in [2.45, 2.75) is 32.2 Å². The number of azo groups is 1. The van der Waals surface area contributed by atoms with Crippen LogP contribution in [0.4, 0.5) is 15.8 Å². The summed E-state index contributed by atoms with van der Waals surface area (Å²) in [5, 5.41) is 15.1. The van der Waals surface area contributed by atoms with Crippen LogP contribution in [0.2, 0.25) is 0 Å². The van der Waals surface area contributed by atoms with E-state index in [-0.39, 0.29) is 5.91 Å². The first kappa shape index (κ1) is 16.8. The molecule has 1 aliphatic carbocycles. The summed E-state index contributed by atoms with van der Waals surface area (Å²) in [6.07, 6.45) is 2.23. The summed E-state index contributed by atoms with van der Waals surface area (Å²) in [5.74, 6) is -0.261. The lowest BCUT2D eigenvalue weighted by atomic mass is 10.1. The maximum atomic E-state index is 14.8. The Morgan fingerprint density at radius 2 is 2.04 bits per heavy atom. The smallest absolute Gasteiger partial charge is 0.255 e. The van der Waals surface area contributed by atoms with Gasteiger partial charge in [0.2, 0.25) is 0 Å². The van der Waals surface area contributed by atoms with Gasteiger partial charge in [0.05, 0.1) is 17.9 Å². The Bertz CT molecular complexity index is 1130. The highest BCUT2D eigenvalue weighted by Crippen LogP contribution is 2.41. The van der Waals surface area contributed by atoms with Gasteiger partial charge in [-0.2, -0.15) is 15.3 Å². The summed E-state index contributed by atoms with van der Waals surface area (Å²) in [6.45, 7) is 2.39. The maximum absolute atomic E-state index is 14.8. The molecule has 1 N–H and O–H groups in total. The Balaban J connectivity index is 1.39. The molecule has 140 valence electrons. The van der Waals surface area contributed by atoms with Gasteiger partial charge in [0, 0.05) is 28.4 Å². The number of carbonyl (C=O) groups is 1. The van der Waals surface area contributed by atoms with Crippen LogP contribution in [0.1, 0.15) is 46.1 Å². The molecule has 1 fully saturated rings. The van der Waals surface area contributed by atoms with Crippen molar-refractivity contribution in [1.82, 2.24) is 9.78 Å². The average molecular weight is 375 g/mol. The third-order valence-electron chi connectivity index (χ3n) is 5.05. The number of rotatable bonds is 4. The van der Waals surface area contributed by atoms with Crippen LogP contribution >= 0.6 is 0 Å². The van der Waals surface area contributed by atoms with Crippen LogP contribution in [0.25, 0.3) is 5.69 Å². The normalized spacial score (nSPS) is 14.9. The van der Waals surface area contributed by atoms with Crippen molar-refractivity contribution in [3.05, 3.63) is 70.8 Å². The fourth-order valence-electron chi connectivity index (χ4n) is 3.48. The number of anilines is 1. The molecule has 0 radical (unpaired) electrons. The van der Waals surface area contributed by atoms with Crippen LogP contribution in [-0.2, 0) is 6.54 Å². The van der Waals surface area contributed by atoms with Crippen molar-refractivity contribution in [3.8, 4) is 5.69 Å². The predicted octanol–water partition coefficient (Wildman–Crippen LogP) is 5.05. The number of carbonyl (C=O) groups excluding carboxylic acids is 1. The molecule has 3 aromatic rings. The highest BCUT2D eigenvalue weighted by Gasteiger charge is 2.28. The Hall–Kier alpha value is -3.35. The van der Waals surface area contributed by atoms with E-state index in [4.69, 9.17) is 0 Å². The first-order valence-electron chi connectivity index (χ1n) is 9.27. The zero-order valence-electron chi connectivity index (χ0n) is 15.3. The lowest BCUT2D eigenvalue weighted by Crippen LogP contribution is -2.13. The van der Waals surface area contributed by atoms with Gasteiger partial charge in [-0.1, -0.05) is 0 Å². The third kappa shape index (κ3) is 2.98. The van der Waals surface area contributed by atoms with E-state index in [1.165, 1.54) is 6.07 Å². The monoisotopic (exact) mass is 375 g/mol. The molecule has 1 saturated carbocycles. The van der Waals surface area contributed by atoms with Crippen LogP contribution in [0.5, 0.6) is 0 Å². The summed E-state index contributed by atoms with van der Waals surface area (Å²) in [5.41, 5.74) is 4.90. The second-order valence-electron chi connectivity index (χ2n) is 7.26. The Morgan fingerprint density at radius 3 is 2.82 bits per heavy atom. The molecule has 5 rings (SSSR count). The van der Waals surface area contributed by atoms with Gasteiger partial charge in [0.25, 0.3) is 5.91 Å². The summed E-state index contributed by atoms with van der Waals surface area (Å²) in [4.78, 5) is 12.5. The number of halogens is 1. The van der Waals surface area contributed by atoms with E-state index >= 15 is 0 Å². The van der Waals surface area contributed by atoms with E-state index < -0.39 is 5.82 Å². The number of aryl methyl sites for hydroxylation is 1. The fraction of sp³-hybridized carbons (Fsp3) is 0.238. The molecule has 2 aliphatic rings. The topological polar surface area (TPSA) is 71.6 Å². The van der Waals surface area contributed by atoms with Crippen molar-refractivity contribution < 1.29 is 9.18 Å². The molecular formula is C21H18FN5O. The Morgan fingerprint density at radius 1 is 1.18 bits per heavy atom. The molecule has 0 atom stereocenters. The molecular weight excluding hydrogens is 357 g/mol. The standard InChI is InChI=1S/C21H18FN5O/c1-12-8-20(13-2-3-13)27(26-12)19-7-5-16(10-17(19)22)24-21(28)14-4-6-18-15(9-14)11-23-25-18/h4-10,13H,2-3,11H2,1H3,(H,24,28). The van der Waals surface area contributed by atoms with E-state index in [9.17, 15) is 9.18 Å². The molecule has 28 heavy (non-hydrogen) atoms. The van der Waals surface area contributed by atoms with Crippen molar-refractivity contribution in [3.63, 3.8) is 0 Å². The highest BCUT2D eigenvalue weighted by atomic mass is 19.1. The van der Waals surface area contributed by atoms with Crippen LogP contribution in [-0.4, -0.2) is 15.7 Å². The summed E-state index contributed by atoms with van der Waals surface area (Å²) in [6, 6.07) is 11.9. The number of amides is 1. The lowest BCUT2D eigenvalue weighted by molar-refractivity contribution is 0.102. The third-order valence-corrected chi connectivity index (χ3v) is 5.05. The average Bonchev–Trinajstić information content (AvgIpc) is 3.28. The molecule has 2 aromatic carbocycles. The Kier molecular flexibility index (Phi) is 3.82. The van der Waals surface area contributed by atoms with Crippen LogP contribution in [0, 0.1) is 12.7 Å². The summed E-state index contributed by atoms with van der Waals surface area (Å²) < 4.78 is 16.5. The van der Waals surface area contributed by atoms with Gasteiger partial charge in [-0.15, -0.1) is 0 Å². The van der Waals surface area contributed by atoms with Crippen molar-refractivity contribution >= 4 is 17.3 Å². The van der Waals surface area contributed by atoms with Crippen LogP contribution < -0.4 is 5.32 Å². The fourth-order valence-corrected chi connectivity index (χ4v) is 3.48. The van der Waals surface area contributed by atoms with Crippen LogP contribution in [0.3, 0.4) is 0 Å². The van der Waals surface area contributed by atoms with E-state index in [1.807, 2.05) is 13.0 Å². The highest BCUT2D eigenvalue weighted by molar-refractivity contribution is 6.04. The van der Waals surface area contributed by atoms with Gasteiger partial charge in [-0.3, -0.25) is 4.79 Å². The van der Waals surface area contributed by atoms with Crippen LogP contribution in [0.15, 0.2) is 52.7 Å². The zero-order chi connectivity index (χ0) is 19.3. The number of nitrogens with zero attached hydrogens (tertiary/aromatic N) is 4. The molecule has 7 heteroatoms. The van der Waals surface area contributed by atoms with Crippen molar-refractivity contribution in [1.29, 1.82) is 0 Å². The predicted molar refractivity (Wildman–Crippen MR) is 103 cm³/mol. The van der Waals surface area contributed by atoms with Gasteiger partial charge in [0.15, 0.2) is 5.82 Å². The summed E-state index contributed by atoms with van der Waals surface area (Å²) >= 11 is 0. The summed E-state index contributed by atoms with van der Waals surface area (Å²) in [7, 11) is 0. The second-order valence-corrected chi connectivity index (χ2v) is 7.26. The second kappa shape index (κ2) is 6.37. The van der Waals surface area contributed by atoms with E-state index in [2.05, 4.69) is 20.6 Å². The molecule has 1 aromatic heterocycles. The zero-order valence-corrected chi connectivity index (χ0v) is 15.3. The quantitative estimate of drug-likeness (QED) is 0.693. The number of nitrogens with one attached hydrogen (secondary N) is 1. The van der Waals surface area contributed by atoms with Crippen molar-refractivity contribution in [2.75, 3.05) is 5.32 Å². The molecule has 0 bridgehead atoms. The first-order chi connectivity index (χ1) is 13.6. The number of aromatic nitrogens is 2. The van der Waals surface area contributed by atoms with Gasteiger partial charge >= 0.3 is 0 Å². The minimum Gasteiger partial charge on any atom is -0.322 e. The number of hydrogen-bond donors (Lipinski definition) is 1. The Labute approximate surface area is 161 Å². The molecule has 1 aliphatic heterocycles. The lowest BCUT2D eigenvalue weighted by Gasteiger charge is -2.11. The maximum Gasteiger partial charge on any atom is 0.255 e. The molecule has 0 spiro atoms. The minimum absolute atomic E-state index is 0.296. The van der Waals surface area contributed by atoms with Gasteiger partial charge in [-0.05, 0) is 62.2 Å².